The van der Waals surface area contributed by atoms with Crippen molar-refractivity contribution < 1.29 is 0 Å². The van der Waals surface area contributed by atoms with Gasteiger partial charge >= 0.3 is 0 Å². The lowest BCUT2D eigenvalue weighted by Gasteiger charge is -1.99. The highest BCUT2D eigenvalue weighted by atomic mass is 14.8. The molecule has 0 aliphatic heterocycles. The van der Waals surface area contributed by atoms with Gasteiger partial charge in [0, 0.05) is 6.20 Å². The average Bonchev–Trinajstić information content (AvgIpc) is 2.39. The van der Waals surface area contributed by atoms with Crippen LogP contribution in [0, 0.1) is 0 Å². The van der Waals surface area contributed by atoms with Gasteiger partial charge in [0.05, 0.1) is 17.6 Å². The lowest BCUT2D eigenvalue weighted by Crippen LogP contribution is -1.84. The van der Waals surface area contributed by atoms with Crippen molar-refractivity contribution in [2.24, 2.45) is 4.99 Å². The highest BCUT2D eigenvalue weighted by molar-refractivity contribution is 5.81. The lowest BCUT2D eigenvalue weighted by molar-refractivity contribution is 1.30. The predicted octanol–water partition coefficient (Wildman–Crippen LogP) is 3.87. The molecule has 2 aromatic rings. The summed E-state index contributed by atoms with van der Waals surface area (Å²) in [6, 6.07) is 13.8. The van der Waals surface area contributed by atoms with Gasteiger partial charge in [-0.05, 0) is 30.7 Å². The SMILES string of the molecule is C/C=C\c1ccccc1N=Cc1ccccn1. The highest BCUT2D eigenvalue weighted by Crippen LogP contribution is 2.19. The van der Waals surface area contributed by atoms with Crippen molar-refractivity contribution >= 4 is 18.0 Å². The summed E-state index contributed by atoms with van der Waals surface area (Å²) >= 11 is 0. The Hall–Kier alpha value is -2.22. The highest BCUT2D eigenvalue weighted by Gasteiger charge is 1.94. The van der Waals surface area contributed by atoms with E-state index in [2.05, 4.69) is 9.98 Å². The second-order valence-electron chi connectivity index (χ2n) is 3.57. The Balaban J connectivity index is 2.27. The third-order valence-corrected chi connectivity index (χ3v) is 2.31. The van der Waals surface area contributed by atoms with Crippen LogP contribution in [0.4, 0.5) is 5.69 Å². The van der Waals surface area contributed by atoms with Crippen LogP contribution in [0.15, 0.2) is 59.7 Å². The number of rotatable bonds is 3. The van der Waals surface area contributed by atoms with Crippen molar-refractivity contribution in [1.29, 1.82) is 0 Å². The summed E-state index contributed by atoms with van der Waals surface area (Å²) in [6.45, 7) is 2.00. The van der Waals surface area contributed by atoms with Gasteiger partial charge in [-0.2, -0.15) is 0 Å². The third-order valence-electron chi connectivity index (χ3n) is 2.31. The van der Waals surface area contributed by atoms with Crippen LogP contribution in [0.25, 0.3) is 6.08 Å². The number of benzene rings is 1. The molecule has 0 atom stereocenters. The molecule has 2 rings (SSSR count). The molecule has 1 aromatic carbocycles. The molecule has 0 N–H and O–H groups in total. The minimum atomic E-state index is 0.864. The smallest absolute Gasteiger partial charge is 0.0812 e. The van der Waals surface area contributed by atoms with E-state index >= 15 is 0 Å². The number of nitrogens with zero attached hydrogens (tertiary/aromatic N) is 2. The van der Waals surface area contributed by atoms with Crippen LogP contribution in [0.1, 0.15) is 18.2 Å². The Bertz CT molecular complexity index is 528. The van der Waals surface area contributed by atoms with E-state index in [1.54, 1.807) is 12.4 Å². The Morgan fingerprint density at radius 1 is 1.06 bits per heavy atom. The molecule has 0 spiro atoms. The summed E-state index contributed by atoms with van der Waals surface area (Å²) in [5.41, 5.74) is 2.93. The zero-order valence-corrected chi connectivity index (χ0v) is 9.75. The van der Waals surface area contributed by atoms with E-state index in [9.17, 15) is 0 Å². The van der Waals surface area contributed by atoms with Crippen LogP contribution in [0.5, 0.6) is 0 Å². The molecule has 1 aromatic heterocycles. The number of para-hydroxylation sites is 1. The molecular formula is C15H14N2. The monoisotopic (exact) mass is 222 g/mol. The normalized spacial score (nSPS) is 11.4. The van der Waals surface area contributed by atoms with Crippen LogP contribution in [0.3, 0.4) is 0 Å². The Morgan fingerprint density at radius 2 is 1.88 bits per heavy atom. The zero-order valence-electron chi connectivity index (χ0n) is 9.75. The fourth-order valence-corrected chi connectivity index (χ4v) is 1.51. The van der Waals surface area contributed by atoms with Gasteiger partial charge in [0.2, 0.25) is 0 Å². The molecule has 84 valence electrons. The van der Waals surface area contributed by atoms with Gasteiger partial charge in [-0.3, -0.25) is 9.98 Å². The number of hydrogen-bond donors (Lipinski definition) is 0. The number of aromatic nitrogens is 1. The minimum absolute atomic E-state index is 0.864. The summed E-state index contributed by atoms with van der Waals surface area (Å²) in [5.74, 6) is 0. The second-order valence-corrected chi connectivity index (χ2v) is 3.57. The van der Waals surface area contributed by atoms with Gasteiger partial charge in [0.15, 0.2) is 0 Å². The summed E-state index contributed by atoms with van der Waals surface area (Å²) in [7, 11) is 0. The molecule has 0 unspecified atom stereocenters. The Kier molecular flexibility index (Phi) is 3.81. The first-order chi connectivity index (χ1) is 8.40. The first kappa shape index (κ1) is 11.3. The van der Waals surface area contributed by atoms with Gasteiger partial charge in [-0.15, -0.1) is 0 Å². The fourth-order valence-electron chi connectivity index (χ4n) is 1.51. The first-order valence-electron chi connectivity index (χ1n) is 5.57. The van der Waals surface area contributed by atoms with Gasteiger partial charge in [0.1, 0.15) is 0 Å². The molecule has 1 heterocycles. The summed E-state index contributed by atoms with van der Waals surface area (Å²) < 4.78 is 0. The molecule has 0 bridgehead atoms. The van der Waals surface area contributed by atoms with Crippen LogP contribution in [-0.4, -0.2) is 11.2 Å². The third kappa shape index (κ3) is 3.11. The molecule has 0 radical (unpaired) electrons. The molecule has 2 nitrogen and oxygen atoms in total. The molecule has 0 amide bonds. The van der Waals surface area contributed by atoms with Gasteiger partial charge in [0.25, 0.3) is 0 Å². The molecule has 0 aliphatic carbocycles. The van der Waals surface area contributed by atoms with E-state index in [0.717, 1.165) is 16.9 Å². The van der Waals surface area contributed by atoms with Crippen molar-refractivity contribution in [3.05, 3.63) is 66.0 Å². The van der Waals surface area contributed by atoms with Crippen LogP contribution < -0.4 is 0 Å². The Labute approximate surface area is 101 Å². The molecule has 0 aliphatic rings. The maximum atomic E-state index is 4.46. The zero-order chi connectivity index (χ0) is 11.9. The van der Waals surface area contributed by atoms with E-state index in [1.165, 1.54) is 0 Å². The first-order valence-corrected chi connectivity index (χ1v) is 5.57. The standard InChI is InChI=1S/C15H14N2/c1-2-7-13-8-3-4-10-15(13)17-12-14-9-5-6-11-16-14/h2-12H,1H3/b7-2-,17-12?. The lowest BCUT2D eigenvalue weighted by atomic mass is 10.1. The number of hydrogen-bond acceptors (Lipinski definition) is 2. The molecule has 0 saturated carbocycles. The molecule has 0 fully saturated rings. The van der Waals surface area contributed by atoms with Crippen LogP contribution in [0.2, 0.25) is 0 Å². The van der Waals surface area contributed by atoms with E-state index < -0.39 is 0 Å². The molecule has 17 heavy (non-hydrogen) atoms. The van der Waals surface area contributed by atoms with E-state index in [4.69, 9.17) is 0 Å². The number of aliphatic imine (C=N–C) groups is 1. The Morgan fingerprint density at radius 3 is 2.65 bits per heavy atom. The average molecular weight is 222 g/mol. The summed E-state index contributed by atoms with van der Waals surface area (Å²) in [4.78, 5) is 8.66. The number of pyridine rings is 1. The van der Waals surface area contributed by atoms with Gasteiger partial charge in [-0.25, -0.2) is 0 Å². The number of allylic oxidation sites excluding steroid dienone is 1. The van der Waals surface area contributed by atoms with Gasteiger partial charge < -0.3 is 0 Å². The maximum Gasteiger partial charge on any atom is 0.0812 e. The molecule has 2 heteroatoms. The molecular weight excluding hydrogens is 208 g/mol. The van der Waals surface area contributed by atoms with Crippen molar-refractivity contribution in [2.75, 3.05) is 0 Å². The van der Waals surface area contributed by atoms with E-state index in [0.29, 0.717) is 0 Å². The van der Waals surface area contributed by atoms with Gasteiger partial charge in [-0.1, -0.05) is 36.4 Å². The van der Waals surface area contributed by atoms with Crippen molar-refractivity contribution in [1.82, 2.24) is 4.98 Å². The topological polar surface area (TPSA) is 25.2 Å². The quantitative estimate of drug-likeness (QED) is 0.724. The predicted molar refractivity (Wildman–Crippen MR) is 72.6 cm³/mol. The van der Waals surface area contributed by atoms with Crippen LogP contribution >= 0.6 is 0 Å². The van der Waals surface area contributed by atoms with Crippen LogP contribution in [-0.2, 0) is 0 Å². The van der Waals surface area contributed by atoms with E-state index in [-0.39, 0.29) is 0 Å². The van der Waals surface area contributed by atoms with E-state index in [1.807, 2.05) is 61.5 Å². The van der Waals surface area contributed by atoms with Crippen molar-refractivity contribution in [3.63, 3.8) is 0 Å². The largest absolute Gasteiger partial charge is 0.255 e. The summed E-state index contributed by atoms with van der Waals surface area (Å²) in [6.07, 6.45) is 7.60. The maximum absolute atomic E-state index is 4.46. The van der Waals surface area contributed by atoms with Crippen molar-refractivity contribution in [2.45, 2.75) is 6.92 Å². The van der Waals surface area contributed by atoms with Crippen molar-refractivity contribution in [3.8, 4) is 0 Å². The minimum Gasteiger partial charge on any atom is -0.255 e. The summed E-state index contributed by atoms with van der Waals surface area (Å²) in [5, 5.41) is 0. The fraction of sp³-hybridized carbons (Fsp3) is 0.0667. The second kappa shape index (κ2) is 5.75. The molecule has 0 saturated heterocycles.